The minimum Gasteiger partial charge on any atom is -0.478 e. The summed E-state index contributed by atoms with van der Waals surface area (Å²) >= 11 is 0. The third kappa shape index (κ3) is 6.06. The van der Waals surface area contributed by atoms with Crippen LogP contribution in [0.3, 0.4) is 0 Å². The Morgan fingerprint density at radius 2 is 1.82 bits per heavy atom. The van der Waals surface area contributed by atoms with E-state index in [2.05, 4.69) is 5.32 Å². The SMILES string of the molecule is CC/C(=C/CNCC(=O)N(CC)CC)C(=O)O. The molecule has 0 aliphatic rings. The maximum atomic E-state index is 11.6. The number of carboxylic acids is 1. The van der Waals surface area contributed by atoms with Crippen LogP contribution in [-0.2, 0) is 9.59 Å². The van der Waals surface area contributed by atoms with Crippen LogP contribution in [0, 0.1) is 0 Å². The van der Waals surface area contributed by atoms with Crippen LogP contribution in [0.4, 0.5) is 0 Å². The number of carbonyl (C=O) groups is 2. The predicted octanol–water partition coefficient (Wildman–Crippen LogP) is 0.865. The lowest BCUT2D eigenvalue weighted by Gasteiger charge is -2.18. The van der Waals surface area contributed by atoms with Gasteiger partial charge < -0.3 is 15.3 Å². The van der Waals surface area contributed by atoms with Crippen molar-refractivity contribution in [2.75, 3.05) is 26.2 Å². The fourth-order valence-corrected chi connectivity index (χ4v) is 1.45. The average molecular weight is 242 g/mol. The fourth-order valence-electron chi connectivity index (χ4n) is 1.45. The van der Waals surface area contributed by atoms with Crippen molar-refractivity contribution in [3.8, 4) is 0 Å². The lowest BCUT2D eigenvalue weighted by Crippen LogP contribution is -2.38. The molecule has 0 aliphatic carbocycles. The van der Waals surface area contributed by atoms with Gasteiger partial charge in [0.2, 0.25) is 5.91 Å². The molecule has 0 heterocycles. The molecule has 0 fully saturated rings. The lowest BCUT2D eigenvalue weighted by atomic mass is 10.2. The van der Waals surface area contributed by atoms with Crippen LogP contribution >= 0.6 is 0 Å². The molecule has 0 bridgehead atoms. The van der Waals surface area contributed by atoms with Crippen molar-refractivity contribution >= 4 is 11.9 Å². The number of carbonyl (C=O) groups excluding carboxylic acids is 1. The molecule has 0 radical (unpaired) electrons. The Morgan fingerprint density at radius 1 is 1.24 bits per heavy atom. The van der Waals surface area contributed by atoms with Crippen molar-refractivity contribution in [3.05, 3.63) is 11.6 Å². The van der Waals surface area contributed by atoms with Crippen molar-refractivity contribution in [1.29, 1.82) is 0 Å². The quantitative estimate of drug-likeness (QED) is 0.489. The molecule has 2 N–H and O–H groups in total. The van der Waals surface area contributed by atoms with Gasteiger partial charge in [-0.3, -0.25) is 4.79 Å². The summed E-state index contributed by atoms with van der Waals surface area (Å²) in [6, 6.07) is 0. The van der Waals surface area contributed by atoms with Crippen LogP contribution in [-0.4, -0.2) is 48.1 Å². The van der Waals surface area contributed by atoms with E-state index in [0.717, 1.165) is 0 Å². The minimum atomic E-state index is -0.899. The summed E-state index contributed by atoms with van der Waals surface area (Å²) in [7, 11) is 0. The number of likely N-dealkylation sites (N-methyl/N-ethyl adjacent to an activating group) is 1. The number of hydrogen-bond donors (Lipinski definition) is 2. The molecule has 0 aromatic rings. The van der Waals surface area contributed by atoms with Gasteiger partial charge in [0.1, 0.15) is 0 Å². The molecular weight excluding hydrogens is 220 g/mol. The van der Waals surface area contributed by atoms with E-state index in [1.165, 1.54) is 0 Å². The molecule has 0 aliphatic heterocycles. The Morgan fingerprint density at radius 3 is 2.24 bits per heavy atom. The number of amides is 1. The number of rotatable bonds is 8. The summed E-state index contributed by atoms with van der Waals surface area (Å²) in [4.78, 5) is 24.0. The van der Waals surface area contributed by atoms with Gasteiger partial charge in [-0.25, -0.2) is 4.79 Å². The van der Waals surface area contributed by atoms with E-state index in [1.54, 1.807) is 17.9 Å². The zero-order valence-electron chi connectivity index (χ0n) is 10.8. The maximum absolute atomic E-state index is 11.6. The first-order chi connectivity index (χ1) is 8.06. The highest BCUT2D eigenvalue weighted by Gasteiger charge is 2.08. The van der Waals surface area contributed by atoms with Crippen LogP contribution < -0.4 is 5.32 Å². The Balaban J connectivity index is 3.99. The molecule has 0 aromatic heterocycles. The summed E-state index contributed by atoms with van der Waals surface area (Å²) in [5.41, 5.74) is 0.368. The smallest absolute Gasteiger partial charge is 0.331 e. The second kappa shape index (κ2) is 8.75. The van der Waals surface area contributed by atoms with Gasteiger partial charge in [0.05, 0.1) is 6.54 Å². The number of hydrogen-bond acceptors (Lipinski definition) is 3. The molecule has 0 aromatic carbocycles. The Labute approximate surface area is 102 Å². The Bertz CT molecular complexity index is 283. The Hall–Kier alpha value is -1.36. The molecule has 0 spiro atoms. The number of nitrogens with zero attached hydrogens (tertiary/aromatic N) is 1. The van der Waals surface area contributed by atoms with Gasteiger partial charge in [-0.1, -0.05) is 13.0 Å². The van der Waals surface area contributed by atoms with E-state index in [4.69, 9.17) is 5.11 Å². The molecule has 0 rings (SSSR count). The van der Waals surface area contributed by atoms with Crippen molar-refractivity contribution in [3.63, 3.8) is 0 Å². The maximum Gasteiger partial charge on any atom is 0.331 e. The number of nitrogens with one attached hydrogen (secondary N) is 1. The molecule has 0 saturated heterocycles. The monoisotopic (exact) mass is 242 g/mol. The van der Waals surface area contributed by atoms with E-state index in [9.17, 15) is 9.59 Å². The first kappa shape index (κ1) is 15.6. The van der Waals surface area contributed by atoms with Crippen LogP contribution in [0.2, 0.25) is 0 Å². The second-order valence-electron chi connectivity index (χ2n) is 3.58. The summed E-state index contributed by atoms with van der Waals surface area (Å²) in [5, 5.41) is 11.7. The highest BCUT2D eigenvalue weighted by Crippen LogP contribution is 1.98. The van der Waals surface area contributed by atoms with Gasteiger partial charge in [0, 0.05) is 25.2 Å². The molecule has 0 unspecified atom stereocenters. The van der Waals surface area contributed by atoms with Gasteiger partial charge in [-0.15, -0.1) is 0 Å². The molecule has 17 heavy (non-hydrogen) atoms. The van der Waals surface area contributed by atoms with Crippen molar-refractivity contribution in [2.24, 2.45) is 0 Å². The zero-order valence-corrected chi connectivity index (χ0v) is 10.8. The summed E-state index contributed by atoms with van der Waals surface area (Å²) in [6.45, 7) is 7.70. The standard InChI is InChI=1S/C12H22N2O3/c1-4-10(12(16)17)7-8-13-9-11(15)14(5-2)6-3/h7,13H,4-6,8-9H2,1-3H3,(H,16,17)/b10-7-. The first-order valence-electron chi connectivity index (χ1n) is 5.97. The second-order valence-corrected chi connectivity index (χ2v) is 3.58. The highest BCUT2D eigenvalue weighted by molar-refractivity contribution is 5.86. The van der Waals surface area contributed by atoms with E-state index in [1.807, 2.05) is 13.8 Å². The van der Waals surface area contributed by atoms with E-state index in [-0.39, 0.29) is 12.5 Å². The van der Waals surface area contributed by atoms with Gasteiger partial charge in [-0.2, -0.15) is 0 Å². The predicted molar refractivity (Wildman–Crippen MR) is 66.8 cm³/mol. The molecule has 98 valence electrons. The summed E-state index contributed by atoms with van der Waals surface area (Å²) < 4.78 is 0. The lowest BCUT2D eigenvalue weighted by molar-refractivity contribution is -0.132. The van der Waals surface area contributed by atoms with Crippen molar-refractivity contribution in [1.82, 2.24) is 10.2 Å². The first-order valence-corrected chi connectivity index (χ1v) is 5.97. The average Bonchev–Trinajstić information content (AvgIpc) is 2.30. The van der Waals surface area contributed by atoms with Crippen molar-refractivity contribution in [2.45, 2.75) is 27.2 Å². The molecule has 0 atom stereocenters. The summed E-state index contributed by atoms with van der Waals surface area (Å²) in [5.74, 6) is -0.860. The third-order valence-electron chi connectivity index (χ3n) is 2.54. The Kier molecular flexibility index (Phi) is 8.05. The minimum absolute atomic E-state index is 0.0387. The fraction of sp³-hybridized carbons (Fsp3) is 0.667. The normalized spacial score (nSPS) is 11.4. The van der Waals surface area contributed by atoms with Crippen LogP contribution in [0.1, 0.15) is 27.2 Å². The largest absolute Gasteiger partial charge is 0.478 e. The van der Waals surface area contributed by atoms with Gasteiger partial charge >= 0.3 is 5.97 Å². The number of carboxylic acid groups (broad SMARTS) is 1. The van der Waals surface area contributed by atoms with Crippen LogP contribution in [0.25, 0.3) is 0 Å². The van der Waals surface area contributed by atoms with Gasteiger partial charge in [0.25, 0.3) is 0 Å². The highest BCUT2D eigenvalue weighted by atomic mass is 16.4. The topological polar surface area (TPSA) is 69.6 Å². The van der Waals surface area contributed by atoms with E-state index < -0.39 is 5.97 Å². The van der Waals surface area contributed by atoms with E-state index >= 15 is 0 Å². The van der Waals surface area contributed by atoms with Crippen LogP contribution in [0.5, 0.6) is 0 Å². The molecule has 1 amide bonds. The molecule has 5 heteroatoms. The third-order valence-corrected chi connectivity index (χ3v) is 2.54. The molecule has 0 saturated carbocycles. The zero-order chi connectivity index (χ0) is 13.3. The van der Waals surface area contributed by atoms with E-state index in [0.29, 0.717) is 31.6 Å². The van der Waals surface area contributed by atoms with Crippen LogP contribution in [0.15, 0.2) is 11.6 Å². The molecule has 5 nitrogen and oxygen atoms in total. The summed E-state index contributed by atoms with van der Waals surface area (Å²) in [6.07, 6.45) is 2.10. The van der Waals surface area contributed by atoms with Crippen molar-refractivity contribution < 1.29 is 14.7 Å². The van der Waals surface area contributed by atoms with Gasteiger partial charge in [-0.05, 0) is 20.3 Å². The number of aliphatic carboxylic acids is 1. The molecular formula is C12H22N2O3. The van der Waals surface area contributed by atoms with Gasteiger partial charge in [0.15, 0.2) is 0 Å².